The van der Waals surface area contributed by atoms with E-state index < -0.39 is 29.5 Å². The molecule has 0 saturated carbocycles. The smallest absolute Gasteiger partial charge is 0.308 e. The van der Waals surface area contributed by atoms with Crippen LogP contribution in [0.5, 0.6) is 23.0 Å². The summed E-state index contributed by atoms with van der Waals surface area (Å²) in [5, 5.41) is 11.5. The summed E-state index contributed by atoms with van der Waals surface area (Å²) in [6.45, 7) is 1.28. The van der Waals surface area contributed by atoms with Gasteiger partial charge >= 0.3 is 5.97 Å². The van der Waals surface area contributed by atoms with E-state index in [0.29, 0.717) is 22.7 Å². The molecule has 37 heavy (non-hydrogen) atoms. The predicted molar refractivity (Wildman–Crippen MR) is 135 cm³/mol. The Kier molecular flexibility index (Phi) is 7.15. The van der Waals surface area contributed by atoms with Gasteiger partial charge in [-0.3, -0.25) is 19.3 Å². The first-order valence-electron chi connectivity index (χ1n) is 11.3. The third-order valence-corrected chi connectivity index (χ3v) is 5.92. The van der Waals surface area contributed by atoms with Gasteiger partial charge in [0.2, 0.25) is 0 Å². The minimum absolute atomic E-state index is 0.141. The molecule has 3 aromatic rings. The number of ketones is 1. The van der Waals surface area contributed by atoms with Crippen molar-refractivity contribution in [2.45, 2.75) is 13.0 Å². The van der Waals surface area contributed by atoms with Crippen molar-refractivity contribution in [2.75, 3.05) is 26.2 Å². The Morgan fingerprint density at radius 1 is 0.811 bits per heavy atom. The second-order valence-electron chi connectivity index (χ2n) is 8.07. The number of Topliss-reactive ketones (excluding diaryl/α,β-unsaturated/α-hetero) is 1. The number of aliphatic hydroxyl groups excluding tert-OH is 1. The largest absolute Gasteiger partial charge is 0.506 e. The van der Waals surface area contributed by atoms with Crippen LogP contribution in [-0.4, -0.2) is 44.1 Å². The summed E-state index contributed by atoms with van der Waals surface area (Å²) in [6.07, 6.45) is 0. The highest BCUT2D eigenvalue weighted by Crippen LogP contribution is 2.45. The van der Waals surface area contributed by atoms with Crippen LogP contribution in [0.25, 0.3) is 5.76 Å². The van der Waals surface area contributed by atoms with Crippen molar-refractivity contribution in [1.82, 2.24) is 0 Å². The molecule has 1 aliphatic rings. The number of hydrogen-bond donors (Lipinski definition) is 1. The van der Waals surface area contributed by atoms with Gasteiger partial charge in [0.15, 0.2) is 0 Å². The normalized spacial score (nSPS) is 16.4. The SMILES string of the molecule is COc1ccc(N2C(=O)C(=O)/C(=C(/O)c3c(OC)cccc3OC)C2c2ccc(OC(C)=O)cc2)cc1. The van der Waals surface area contributed by atoms with Crippen molar-refractivity contribution < 1.29 is 38.4 Å². The van der Waals surface area contributed by atoms with Crippen LogP contribution < -0.4 is 23.8 Å². The number of carbonyl (C=O) groups is 3. The first kappa shape index (κ1) is 25.3. The molecule has 1 saturated heterocycles. The van der Waals surface area contributed by atoms with Gasteiger partial charge in [-0.05, 0) is 54.1 Å². The van der Waals surface area contributed by atoms with Crippen molar-refractivity contribution in [3.63, 3.8) is 0 Å². The molecule has 1 N–H and O–H groups in total. The van der Waals surface area contributed by atoms with E-state index in [0.717, 1.165) is 0 Å². The number of carbonyl (C=O) groups excluding carboxylic acids is 3. The fourth-order valence-corrected chi connectivity index (χ4v) is 4.26. The minimum Gasteiger partial charge on any atom is -0.506 e. The zero-order valence-corrected chi connectivity index (χ0v) is 20.7. The zero-order chi connectivity index (χ0) is 26.7. The van der Waals surface area contributed by atoms with Gasteiger partial charge in [-0.15, -0.1) is 0 Å². The molecule has 0 spiro atoms. The highest BCUT2D eigenvalue weighted by atomic mass is 16.5. The minimum atomic E-state index is -1.01. The van der Waals surface area contributed by atoms with Crippen molar-refractivity contribution >= 4 is 29.1 Å². The third-order valence-electron chi connectivity index (χ3n) is 5.92. The Morgan fingerprint density at radius 2 is 1.38 bits per heavy atom. The highest BCUT2D eigenvalue weighted by molar-refractivity contribution is 6.51. The summed E-state index contributed by atoms with van der Waals surface area (Å²) in [4.78, 5) is 39.5. The summed E-state index contributed by atoms with van der Waals surface area (Å²) >= 11 is 0. The standard InChI is InChI=1S/C28H25NO8/c1-16(30)37-20-12-8-17(9-13-20)25-24(26(31)23-21(35-3)6-5-7-22(23)36-4)27(32)28(33)29(25)18-10-14-19(34-2)15-11-18/h5-15,25,31H,1-4H3/b26-24+. The van der Waals surface area contributed by atoms with Crippen LogP contribution in [0.1, 0.15) is 24.1 Å². The predicted octanol–water partition coefficient (Wildman–Crippen LogP) is 4.26. The lowest BCUT2D eigenvalue weighted by atomic mass is 9.94. The number of nitrogens with zero attached hydrogens (tertiary/aromatic N) is 1. The van der Waals surface area contributed by atoms with E-state index in [4.69, 9.17) is 18.9 Å². The van der Waals surface area contributed by atoms with Crippen LogP contribution in [0.15, 0.2) is 72.3 Å². The summed E-state index contributed by atoms with van der Waals surface area (Å²) in [6, 6.07) is 16.9. The van der Waals surface area contributed by atoms with E-state index in [-0.39, 0.29) is 22.6 Å². The molecule has 0 aromatic heterocycles. The second kappa shape index (κ2) is 10.4. The van der Waals surface area contributed by atoms with E-state index in [9.17, 15) is 19.5 Å². The second-order valence-corrected chi connectivity index (χ2v) is 8.07. The maximum Gasteiger partial charge on any atom is 0.308 e. The Morgan fingerprint density at radius 3 is 1.89 bits per heavy atom. The summed E-state index contributed by atoms with van der Waals surface area (Å²) in [5.41, 5.74) is 0.912. The fourth-order valence-electron chi connectivity index (χ4n) is 4.26. The monoisotopic (exact) mass is 503 g/mol. The lowest BCUT2D eigenvalue weighted by Crippen LogP contribution is -2.29. The molecule has 3 aromatic carbocycles. The number of amides is 1. The molecule has 1 heterocycles. The van der Waals surface area contributed by atoms with Gasteiger partial charge in [0, 0.05) is 12.6 Å². The van der Waals surface area contributed by atoms with E-state index in [1.54, 1.807) is 66.7 Å². The lowest BCUT2D eigenvalue weighted by Gasteiger charge is -2.26. The molecule has 0 aliphatic carbocycles. The molecule has 0 radical (unpaired) electrons. The van der Waals surface area contributed by atoms with Crippen LogP contribution >= 0.6 is 0 Å². The van der Waals surface area contributed by atoms with Crippen molar-refractivity contribution in [3.8, 4) is 23.0 Å². The average molecular weight is 504 g/mol. The zero-order valence-electron chi connectivity index (χ0n) is 20.7. The number of anilines is 1. The van der Waals surface area contributed by atoms with Crippen LogP contribution in [0, 0.1) is 0 Å². The molecule has 9 heteroatoms. The molecule has 1 fully saturated rings. The van der Waals surface area contributed by atoms with Gasteiger partial charge in [0.05, 0.1) is 32.9 Å². The summed E-state index contributed by atoms with van der Waals surface area (Å²) in [7, 11) is 4.37. The van der Waals surface area contributed by atoms with Gasteiger partial charge < -0.3 is 24.1 Å². The maximum atomic E-state index is 13.4. The van der Waals surface area contributed by atoms with Gasteiger partial charge in [0.1, 0.15) is 34.3 Å². The molecule has 1 unspecified atom stereocenters. The van der Waals surface area contributed by atoms with Crippen molar-refractivity contribution in [1.29, 1.82) is 0 Å². The number of esters is 1. The van der Waals surface area contributed by atoms with Gasteiger partial charge in [-0.2, -0.15) is 0 Å². The first-order chi connectivity index (χ1) is 17.8. The molecule has 1 aliphatic heterocycles. The topological polar surface area (TPSA) is 112 Å². The Hall–Kier alpha value is -4.79. The number of methoxy groups -OCH3 is 3. The van der Waals surface area contributed by atoms with Crippen molar-refractivity contribution in [2.24, 2.45) is 0 Å². The van der Waals surface area contributed by atoms with E-state index >= 15 is 0 Å². The fraction of sp³-hybridized carbons (Fsp3) is 0.179. The molecular weight excluding hydrogens is 478 g/mol. The number of hydrogen-bond acceptors (Lipinski definition) is 8. The number of ether oxygens (including phenoxy) is 4. The number of rotatable bonds is 7. The molecular formula is C28H25NO8. The number of benzene rings is 3. The Labute approximate surface area is 213 Å². The molecule has 190 valence electrons. The van der Waals surface area contributed by atoms with Crippen LogP contribution in [0.4, 0.5) is 5.69 Å². The molecule has 1 atom stereocenters. The van der Waals surface area contributed by atoms with Crippen LogP contribution in [0.2, 0.25) is 0 Å². The quantitative estimate of drug-likeness (QED) is 0.167. The van der Waals surface area contributed by atoms with E-state index in [1.165, 1.54) is 33.2 Å². The Balaban J connectivity index is 1.95. The van der Waals surface area contributed by atoms with Crippen molar-refractivity contribution in [3.05, 3.63) is 83.4 Å². The lowest BCUT2D eigenvalue weighted by molar-refractivity contribution is -0.132. The maximum absolute atomic E-state index is 13.4. The summed E-state index contributed by atoms with van der Waals surface area (Å²) in [5.74, 6) is -1.25. The van der Waals surface area contributed by atoms with Crippen LogP contribution in [0.3, 0.4) is 0 Å². The molecule has 0 bridgehead atoms. The average Bonchev–Trinajstić information content (AvgIpc) is 3.18. The highest BCUT2D eigenvalue weighted by Gasteiger charge is 2.47. The molecule has 4 rings (SSSR count). The van der Waals surface area contributed by atoms with Gasteiger partial charge in [0.25, 0.3) is 11.7 Å². The van der Waals surface area contributed by atoms with E-state index in [1.807, 2.05) is 0 Å². The Bertz CT molecular complexity index is 1350. The third kappa shape index (κ3) is 4.71. The van der Waals surface area contributed by atoms with Gasteiger partial charge in [-0.1, -0.05) is 18.2 Å². The van der Waals surface area contributed by atoms with E-state index in [2.05, 4.69) is 0 Å². The first-order valence-corrected chi connectivity index (χ1v) is 11.3. The van der Waals surface area contributed by atoms with Crippen LogP contribution in [-0.2, 0) is 14.4 Å². The molecule has 9 nitrogen and oxygen atoms in total. The molecule has 1 amide bonds. The number of aliphatic hydroxyl groups is 1. The summed E-state index contributed by atoms with van der Waals surface area (Å²) < 4.78 is 21.2. The van der Waals surface area contributed by atoms with Gasteiger partial charge in [-0.25, -0.2) is 0 Å².